The Kier molecular flexibility index (Phi) is 7.95. The van der Waals surface area contributed by atoms with Crippen molar-refractivity contribution in [3.63, 3.8) is 0 Å². The minimum atomic E-state index is -1.30. The molecule has 7 heteroatoms. The first-order valence-electron chi connectivity index (χ1n) is 7.01. The molecule has 2 N–H and O–H groups in total. The summed E-state index contributed by atoms with van der Waals surface area (Å²) >= 11 is 0. The van der Waals surface area contributed by atoms with Crippen LogP contribution in [0.25, 0.3) is 0 Å². The Morgan fingerprint density at radius 3 is 2.23 bits per heavy atom. The van der Waals surface area contributed by atoms with Gasteiger partial charge in [0.15, 0.2) is 18.9 Å². The zero-order chi connectivity index (χ0) is 16.4. The molecule has 0 bridgehead atoms. The molecule has 1 aromatic rings. The van der Waals surface area contributed by atoms with Crippen LogP contribution in [-0.2, 0) is 19.1 Å². The number of hydrogen-bond acceptors (Lipinski definition) is 5. The summed E-state index contributed by atoms with van der Waals surface area (Å²) in [6, 6.07) is 7.46. The van der Waals surface area contributed by atoms with E-state index in [9.17, 15) is 14.7 Å². The molecule has 22 heavy (non-hydrogen) atoms. The molecule has 0 heterocycles. The highest BCUT2D eigenvalue weighted by atomic mass is 16.7. The highest BCUT2D eigenvalue weighted by molar-refractivity contribution is 5.84. The minimum Gasteiger partial charge on any atom is -0.484 e. The zero-order valence-electron chi connectivity index (χ0n) is 12.7. The summed E-state index contributed by atoms with van der Waals surface area (Å²) in [6.07, 6.45) is -1.05. The van der Waals surface area contributed by atoms with E-state index < -0.39 is 24.2 Å². The van der Waals surface area contributed by atoms with E-state index in [0.717, 1.165) is 0 Å². The van der Waals surface area contributed by atoms with Crippen LogP contribution in [-0.4, -0.2) is 49.1 Å². The van der Waals surface area contributed by atoms with Crippen LogP contribution >= 0.6 is 0 Å². The van der Waals surface area contributed by atoms with Gasteiger partial charge >= 0.3 is 5.97 Å². The maximum absolute atomic E-state index is 11.8. The molecule has 1 atom stereocenters. The second kappa shape index (κ2) is 9.75. The van der Waals surface area contributed by atoms with Crippen LogP contribution in [0.4, 0.5) is 0 Å². The normalized spacial score (nSPS) is 12.0. The first-order valence-corrected chi connectivity index (χ1v) is 7.01. The fraction of sp³-hybridized carbons (Fsp3) is 0.467. The van der Waals surface area contributed by atoms with Crippen molar-refractivity contribution in [2.45, 2.75) is 26.2 Å². The lowest BCUT2D eigenvalue weighted by molar-refractivity contribution is -0.177. The monoisotopic (exact) mass is 311 g/mol. The number of aliphatic carboxylic acids is 1. The van der Waals surface area contributed by atoms with Gasteiger partial charge in [-0.05, 0) is 26.0 Å². The van der Waals surface area contributed by atoms with Crippen LogP contribution in [0.1, 0.15) is 13.8 Å². The van der Waals surface area contributed by atoms with Crippen molar-refractivity contribution in [3.05, 3.63) is 30.3 Å². The Balaban J connectivity index is 2.57. The summed E-state index contributed by atoms with van der Waals surface area (Å²) in [6.45, 7) is 3.67. The number of amides is 1. The van der Waals surface area contributed by atoms with Gasteiger partial charge in [-0.3, -0.25) is 4.79 Å². The van der Waals surface area contributed by atoms with E-state index in [1.54, 1.807) is 38.1 Å². The highest BCUT2D eigenvalue weighted by Crippen LogP contribution is 2.08. The summed E-state index contributed by atoms with van der Waals surface area (Å²) in [7, 11) is 0. The Morgan fingerprint density at radius 2 is 1.73 bits per heavy atom. The molecule has 7 nitrogen and oxygen atoms in total. The number of nitrogens with one attached hydrogen (secondary N) is 1. The van der Waals surface area contributed by atoms with Crippen molar-refractivity contribution in [3.8, 4) is 5.75 Å². The molecule has 0 aromatic heterocycles. The number of rotatable bonds is 10. The van der Waals surface area contributed by atoms with Gasteiger partial charge in [0.2, 0.25) is 0 Å². The molecule has 1 unspecified atom stereocenters. The number of ether oxygens (including phenoxy) is 3. The average Bonchev–Trinajstić information content (AvgIpc) is 2.51. The van der Waals surface area contributed by atoms with Crippen LogP contribution in [0.2, 0.25) is 0 Å². The molecule has 0 radical (unpaired) electrons. The van der Waals surface area contributed by atoms with Crippen molar-refractivity contribution >= 4 is 11.9 Å². The van der Waals surface area contributed by atoms with E-state index >= 15 is 0 Å². The molecule has 0 aliphatic heterocycles. The third-order valence-electron chi connectivity index (χ3n) is 2.63. The van der Waals surface area contributed by atoms with E-state index in [1.165, 1.54) is 0 Å². The fourth-order valence-electron chi connectivity index (χ4n) is 1.70. The summed E-state index contributed by atoms with van der Waals surface area (Å²) < 4.78 is 15.7. The molecule has 1 amide bonds. The van der Waals surface area contributed by atoms with Gasteiger partial charge in [0.05, 0.1) is 0 Å². The number of para-hydroxylation sites is 1. The Hall–Kier alpha value is -2.12. The van der Waals surface area contributed by atoms with Gasteiger partial charge < -0.3 is 24.6 Å². The summed E-state index contributed by atoms with van der Waals surface area (Å²) in [5.41, 5.74) is 0. The van der Waals surface area contributed by atoms with Crippen molar-refractivity contribution in [2.75, 3.05) is 19.8 Å². The molecule has 0 saturated heterocycles. The van der Waals surface area contributed by atoms with Gasteiger partial charge in [-0.25, -0.2) is 4.79 Å². The van der Waals surface area contributed by atoms with Gasteiger partial charge in [0, 0.05) is 13.2 Å². The Bertz CT molecular complexity index is 458. The van der Waals surface area contributed by atoms with E-state index in [0.29, 0.717) is 5.75 Å². The molecular formula is C15H21NO6. The Labute approximate surface area is 129 Å². The van der Waals surface area contributed by atoms with Crippen molar-refractivity contribution in [1.82, 2.24) is 5.32 Å². The van der Waals surface area contributed by atoms with Gasteiger partial charge in [-0.1, -0.05) is 18.2 Å². The third kappa shape index (κ3) is 6.11. The molecule has 0 fully saturated rings. The quantitative estimate of drug-likeness (QED) is 0.627. The molecular weight excluding hydrogens is 290 g/mol. The molecule has 122 valence electrons. The number of carboxylic acid groups (broad SMARTS) is 1. The minimum absolute atomic E-state index is 0.269. The second-order valence-electron chi connectivity index (χ2n) is 4.26. The molecule has 0 aliphatic carbocycles. The number of benzene rings is 1. The molecule has 0 spiro atoms. The summed E-state index contributed by atoms with van der Waals surface area (Å²) in [5, 5.41) is 11.6. The maximum Gasteiger partial charge on any atom is 0.331 e. The SMILES string of the molecule is CCOC(OCC)C(NC(=O)COc1ccccc1)C(=O)O. The Morgan fingerprint density at radius 1 is 1.14 bits per heavy atom. The van der Waals surface area contributed by atoms with Crippen LogP contribution < -0.4 is 10.1 Å². The topological polar surface area (TPSA) is 94.1 Å². The molecule has 0 saturated carbocycles. The van der Waals surface area contributed by atoms with E-state index in [1.807, 2.05) is 6.07 Å². The standard InChI is InChI=1S/C15H21NO6/c1-3-20-15(21-4-2)13(14(18)19)16-12(17)10-22-11-8-6-5-7-9-11/h5-9,13,15H,3-4,10H2,1-2H3,(H,16,17)(H,18,19). The van der Waals surface area contributed by atoms with Gasteiger partial charge in [-0.2, -0.15) is 0 Å². The van der Waals surface area contributed by atoms with E-state index in [-0.39, 0.29) is 19.8 Å². The van der Waals surface area contributed by atoms with Crippen LogP contribution in [0.15, 0.2) is 30.3 Å². The van der Waals surface area contributed by atoms with Crippen molar-refractivity contribution in [1.29, 1.82) is 0 Å². The predicted molar refractivity (Wildman–Crippen MR) is 78.5 cm³/mol. The number of carbonyl (C=O) groups excluding carboxylic acids is 1. The lowest BCUT2D eigenvalue weighted by atomic mass is 10.2. The van der Waals surface area contributed by atoms with Crippen LogP contribution in [0.3, 0.4) is 0 Å². The first kappa shape index (κ1) is 17.9. The van der Waals surface area contributed by atoms with Crippen LogP contribution in [0.5, 0.6) is 5.75 Å². The van der Waals surface area contributed by atoms with Gasteiger partial charge in [-0.15, -0.1) is 0 Å². The first-order chi connectivity index (χ1) is 10.6. The second-order valence-corrected chi connectivity index (χ2v) is 4.26. The molecule has 1 aromatic carbocycles. The lowest BCUT2D eigenvalue weighted by Crippen LogP contribution is -2.52. The lowest BCUT2D eigenvalue weighted by Gasteiger charge is -2.24. The predicted octanol–water partition coefficient (Wildman–Crippen LogP) is 1.03. The average molecular weight is 311 g/mol. The zero-order valence-corrected chi connectivity index (χ0v) is 12.7. The van der Waals surface area contributed by atoms with Gasteiger partial charge in [0.1, 0.15) is 5.75 Å². The number of carboxylic acids is 1. The maximum atomic E-state index is 11.8. The third-order valence-corrected chi connectivity index (χ3v) is 2.63. The van der Waals surface area contributed by atoms with E-state index in [4.69, 9.17) is 14.2 Å². The molecule has 0 aliphatic rings. The van der Waals surface area contributed by atoms with Gasteiger partial charge in [0.25, 0.3) is 5.91 Å². The largest absolute Gasteiger partial charge is 0.484 e. The van der Waals surface area contributed by atoms with Crippen molar-refractivity contribution in [2.24, 2.45) is 0 Å². The summed E-state index contributed by atoms with van der Waals surface area (Å²) in [4.78, 5) is 23.1. The number of hydrogen-bond donors (Lipinski definition) is 2. The van der Waals surface area contributed by atoms with E-state index in [2.05, 4.69) is 5.32 Å². The highest BCUT2D eigenvalue weighted by Gasteiger charge is 2.31. The summed E-state index contributed by atoms with van der Waals surface area (Å²) in [5.74, 6) is -1.28. The smallest absolute Gasteiger partial charge is 0.331 e. The number of carbonyl (C=O) groups is 2. The van der Waals surface area contributed by atoms with Crippen molar-refractivity contribution < 1.29 is 28.9 Å². The molecule has 1 rings (SSSR count). The van der Waals surface area contributed by atoms with Crippen LogP contribution in [0, 0.1) is 0 Å². The fourth-order valence-corrected chi connectivity index (χ4v) is 1.70.